The van der Waals surface area contributed by atoms with Gasteiger partial charge in [-0.05, 0) is 64.2 Å². The van der Waals surface area contributed by atoms with Gasteiger partial charge < -0.3 is 11.1 Å². The molecule has 4 atom stereocenters. The minimum absolute atomic E-state index is 0.128. The van der Waals surface area contributed by atoms with E-state index >= 15 is 0 Å². The molecule has 1 amide bonds. The number of nitrogens with zero attached hydrogens (tertiary/aromatic N) is 1. The summed E-state index contributed by atoms with van der Waals surface area (Å²) in [7, 11) is 0. The van der Waals surface area contributed by atoms with Gasteiger partial charge in [0.2, 0.25) is 5.91 Å². The van der Waals surface area contributed by atoms with E-state index in [1.54, 1.807) is 0 Å². The molecule has 21 heavy (non-hydrogen) atoms. The summed E-state index contributed by atoms with van der Waals surface area (Å²) in [5.74, 6) is 0.652. The summed E-state index contributed by atoms with van der Waals surface area (Å²) in [5.41, 5.74) is 5.37. The summed E-state index contributed by atoms with van der Waals surface area (Å²) in [6.07, 6.45) is 9.21. The quantitative estimate of drug-likeness (QED) is 0.834. The number of primary amides is 1. The van der Waals surface area contributed by atoms with Crippen molar-refractivity contribution in [3.05, 3.63) is 0 Å². The normalized spacial score (nSPS) is 41.9. The van der Waals surface area contributed by atoms with Gasteiger partial charge in [-0.25, -0.2) is 0 Å². The average molecular weight is 293 g/mol. The Morgan fingerprint density at radius 1 is 1.19 bits per heavy atom. The molecule has 3 rings (SSSR count). The fourth-order valence-electron chi connectivity index (χ4n) is 4.40. The predicted molar refractivity (Wildman–Crippen MR) is 84.9 cm³/mol. The van der Waals surface area contributed by atoms with Gasteiger partial charge in [-0.15, -0.1) is 0 Å². The maximum absolute atomic E-state index is 12.2. The van der Waals surface area contributed by atoms with Crippen LogP contribution in [0.25, 0.3) is 0 Å². The van der Waals surface area contributed by atoms with Crippen molar-refractivity contribution in [3.8, 4) is 0 Å². The molecule has 3 aliphatic rings. The van der Waals surface area contributed by atoms with E-state index in [9.17, 15) is 4.79 Å². The highest BCUT2D eigenvalue weighted by Crippen LogP contribution is 2.37. The van der Waals surface area contributed by atoms with Crippen LogP contribution in [0.3, 0.4) is 0 Å². The van der Waals surface area contributed by atoms with Gasteiger partial charge >= 0.3 is 0 Å². The van der Waals surface area contributed by atoms with Crippen molar-refractivity contribution in [3.63, 3.8) is 0 Å². The molecule has 3 fully saturated rings. The maximum Gasteiger partial charge on any atom is 0.237 e. The molecule has 3 N–H and O–H groups in total. The molecule has 0 aromatic carbocycles. The van der Waals surface area contributed by atoms with Gasteiger partial charge in [0.15, 0.2) is 0 Å². The zero-order valence-electron chi connectivity index (χ0n) is 13.6. The van der Waals surface area contributed by atoms with Crippen molar-refractivity contribution in [2.45, 2.75) is 88.9 Å². The Labute approximate surface area is 128 Å². The molecular formula is C17H31N3O. The second-order valence-electron chi connectivity index (χ2n) is 7.84. The summed E-state index contributed by atoms with van der Waals surface area (Å²) >= 11 is 0. The molecule has 120 valence electrons. The number of nitrogens with two attached hydrogens (primary N) is 1. The fourth-order valence-corrected chi connectivity index (χ4v) is 4.40. The Balaban J connectivity index is 1.72. The molecule has 2 aliphatic carbocycles. The Morgan fingerprint density at radius 2 is 1.95 bits per heavy atom. The minimum atomic E-state index is -0.440. The van der Waals surface area contributed by atoms with Crippen LogP contribution in [0.5, 0.6) is 0 Å². The molecule has 0 radical (unpaired) electrons. The van der Waals surface area contributed by atoms with Gasteiger partial charge in [-0.2, -0.15) is 0 Å². The van der Waals surface area contributed by atoms with Gasteiger partial charge in [0.1, 0.15) is 0 Å². The lowest BCUT2D eigenvalue weighted by atomic mass is 9.76. The molecule has 1 heterocycles. The monoisotopic (exact) mass is 293 g/mol. The number of hydrogen-bond donors (Lipinski definition) is 2. The van der Waals surface area contributed by atoms with Crippen LogP contribution in [0.15, 0.2) is 0 Å². The smallest absolute Gasteiger partial charge is 0.237 e. The molecule has 0 bridgehead atoms. The third kappa shape index (κ3) is 3.26. The molecule has 0 aromatic heterocycles. The number of carbonyl (C=O) groups is 1. The van der Waals surface area contributed by atoms with Crippen LogP contribution in [-0.2, 0) is 4.79 Å². The van der Waals surface area contributed by atoms with E-state index in [2.05, 4.69) is 24.1 Å². The van der Waals surface area contributed by atoms with E-state index in [-0.39, 0.29) is 5.91 Å². The second kappa shape index (κ2) is 5.88. The third-order valence-electron chi connectivity index (χ3n) is 5.89. The topological polar surface area (TPSA) is 58.4 Å². The summed E-state index contributed by atoms with van der Waals surface area (Å²) in [4.78, 5) is 14.8. The van der Waals surface area contributed by atoms with Crippen LogP contribution in [0, 0.1) is 5.92 Å². The highest BCUT2D eigenvalue weighted by atomic mass is 16.1. The lowest BCUT2D eigenvalue weighted by Gasteiger charge is -2.48. The van der Waals surface area contributed by atoms with Crippen LogP contribution in [-0.4, -0.2) is 41.0 Å². The molecule has 1 saturated heterocycles. The molecule has 4 heteroatoms. The number of rotatable bonds is 4. The van der Waals surface area contributed by atoms with Gasteiger partial charge in [0, 0.05) is 24.7 Å². The first-order valence-electron chi connectivity index (χ1n) is 8.83. The zero-order valence-corrected chi connectivity index (χ0v) is 13.6. The minimum Gasteiger partial charge on any atom is -0.368 e. The zero-order chi connectivity index (χ0) is 15.0. The van der Waals surface area contributed by atoms with Gasteiger partial charge in [0.25, 0.3) is 0 Å². The maximum atomic E-state index is 12.2. The van der Waals surface area contributed by atoms with Gasteiger partial charge in [0.05, 0.1) is 5.54 Å². The van der Waals surface area contributed by atoms with Crippen LogP contribution in [0.2, 0.25) is 0 Å². The van der Waals surface area contributed by atoms with Crippen molar-refractivity contribution in [2.75, 3.05) is 6.54 Å². The highest BCUT2D eigenvalue weighted by Gasteiger charge is 2.46. The van der Waals surface area contributed by atoms with Crippen LogP contribution in [0.1, 0.15) is 65.2 Å². The number of hydrogen-bond acceptors (Lipinski definition) is 3. The number of amides is 1. The molecule has 1 aliphatic heterocycles. The predicted octanol–water partition coefficient (Wildman–Crippen LogP) is 2.03. The number of nitrogens with one attached hydrogen (secondary N) is 1. The summed E-state index contributed by atoms with van der Waals surface area (Å²) < 4.78 is 0. The number of likely N-dealkylation sites (tertiary alicyclic amines) is 1. The molecule has 0 spiro atoms. The summed E-state index contributed by atoms with van der Waals surface area (Å²) in [5, 5.41) is 3.60. The summed E-state index contributed by atoms with van der Waals surface area (Å²) in [6.45, 7) is 5.89. The van der Waals surface area contributed by atoms with Crippen molar-refractivity contribution in [1.82, 2.24) is 10.2 Å². The number of carbonyl (C=O) groups excluding carboxylic acids is 1. The van der Waals surface area contributed by atoms with E-state index in [0.29, 0.717) is 18.1 Å². The van der Waals surface area contributed by atoms with Gasteiger partial charge in [-0.1, -0.05) is 6.92 Å². The first-order valence-corrected chi connectivity index (χ1v) is 8.83. The molecule has 0 aromatic rings. The van der Waals surface area contributed by atoms with Crippen molar-refractivity contribution < 1.29 is 4.79 Å². The average Bonchev–Trinajstić information content (AvgIpc) is 3.25. The van der Waals surface area contributed by atoms with E-state index < -0.39 is 5.54 Å². The van der Waals surface area contributed by atoms with E-state index in [1.807, 2.05) is 0 Å². The van der Waals surface area contributed by atoms with Crippen molar-refractivity contribution in [2.24, 2.45) is 11.7 Å². The summed E-state index contributed by atoms with van der Waals surface area (Å²) in [6, 6.07) is 1.71. The largest absolute Gasteiger partial charge is 0.368 e. The lowest BCUT2D eigenvalue weighted by molar-refractivity contribution is -0.127. The molecule has 4 unspecified atom stereocenters. The Morgan fingerprint density at radius 3 is 2.62 bits per heavy atom. The molecular weight excluding hydrogens is 262 g/mol. The Kier molecular flexibility index (Phi) is 4.28. The van der Waals surface area contributed by atoms with Crippen molar-refractivity contribution in [1.29, 1.82) is 0 Å². The van der Waals surface area contributed by atoms with Crippen LogP contribution in [0.4, 0.5) is 0 Å². The molecule has 2 saturated carbocycles. The SMILES string of the molecule is CC1CCC(C)N(C2CCCC(NC3CC3)(C(N)=O)C2)C1. The highest BCUT2D eigenvalue weighted by molar-refractivity contribution is 5.85. The first kappa shape index (κ1) is 15.3. The van der Waals surface area contributed by atoms with E-state index in [4.69, 9.17) is 5.73 Å². The lowest BCUT2D eigenvalue weighted by Crippen LogP contribution is -2.62. The second-order valence-corrected chi connectivity index (χ2v) is 7.84. The Hall–Kier alpha value is -0.610. The van der Waals surface area contributed by atoms with Gasteiger partial charge in [-0.3, -0.25) is 9.69 Å². The third-order valence-corrected chi connectivity index (χ3v) is 5.89. The first-order chi connectivity index (χ1) is 10.00. The van der Waals surface area contributed by atoms with Crippen LogP contribution >= 0.6 is 0 Å². The number of piperidine rings is 1. The fraction of sp³-hybridized carbons (Fsp3) is 0.941. The Bertz CT molecular complexity index is 395. The molecule has 4 nitrogen and oxygen atoms in total. The van der Waals surface area contributed by atoms with E-state index in [0.717, 1.165) is 25.2 Å². The van der Waals surface area contributed by atoms with Crippen LogP contribution < -0.4 is 11.1 Å². The standard InChI is InChI=1S/C17H31N3O/c1-12-5-6-13(2)20(11-12)15-4-3-9-17(10-15,16(18)21)19-14-7-8-14/h12-15,19H,3-11H2,1-2H3,(H2,18,21). The van der Waals surface area contributed by atoms with Crippen molar-refractivity contribution >= 4 is 5.91 Å². The van der Waals surface area contributed by atoms with E-state index in [1.165, 1.54) is 38.6 Å².